The van der Waals surface area contributed by atoms with Gasteiger partial charge in [0.1, 0.15) is 0 Å². The summed E-state index contributed by atoms with van der Waals surface area (Å²) in [4.78, 5) is 0. The predicted octanol–water partition coefficient (Wildman–Crippen LogP) is 3.62. The summed E-state index contributed by atoms with van der Waals surface area (Å²) in [5.41, 5.74) is 0. The van der Waals surface area contributed by atoms with E-state index in [-0.39, 0.29) is 12.2 Å². The second kappa shape index (κ2) is 10.2. The van der Waals surface area contributed by atoms with Crippen molar-refractivity contribution < 1.29 is 9.84 Å². The van der Waals surface area contributed by atoms with Crippen molar-refractivity contribution in [2.45, 2.75) is 70.5 Å². The fourth-order valence-electron chi connectivity index (χ4n) is 2.15. The minimum Gasteiger partial charge on any atom is -0.390 e. The zero-order chi connectivity index (χ0) is 12.3. The van der Waals surface area contributed by atoms with E-state index in [1.54, 1.807) is 11.8 Å². The van der Waals surface area contributed by atoms with Crippen molar-refractivity contribution in [1.82, 2.24) is 0 Å². The fraction of sp³-hybridized carbons (Fsp3) is 1.00. The van der Waals surface area contributed by atoms with Crippen LogP contribution in [0.3, 0.4) is 0 Å². The molecular weight excluding hydrogens is 232 g/mol. The average molecular weight is 260 g/mol. The van der Waals surface area contributed by atoms with Crippen LogP contribution < -0.4 is 0 Å². The lowest BCUT2D eigenvalue weighted by atomic mass is 10.1. The molecule has 0 aromatic rings. The van der Waals surface area contributed by atoms with E-state index in [1.165, 1.54) is 44.9 Å². The molecule has 1 aliphatic rings. The van der Waals surface area contributed by atoms with Crippen LogP contribution in [0.5, 0.6) is 0 Å². The number of ether oxygens (including phenoxy) is 1. The molecule has 1 aliphatic heterocycles. The zero-order valence-corrected chi connectivity index (χ0v) is 12.0. The van der Waals surface area contributed by atoms with Gasteiger partial charge < -0.3 is 9.84 Å². The van der Waals surface area contributed by atoms with Gasteiger partial charge in [-0.1, -0.05) is 51.9 Å². The molecule has 0 amide bonds. The van der Waals surface area contributed by atoms with Gasteiger partial charge in [0.2, 0.25) is 0 Å². The van der Waals surface area contributed by atoms with Gasteiger partial charge in [-0.2, -0.15) is 11.8 Å². The Morgan fingerprint density at radius 2 is 1.65 bits per heavy atom. The van der Waals surface area contributed by atoms with Crippen LogP contribution in [-0.4, -0.2) is 35.4 Å². The Bertz CT molecular complexity index is 176. The number of hydrogen-bond acceptors (Lipinski definition) is 3. The van der Waals surface area contributed by atoms with Gasteiger partial charge in [0.25, 0.3) is 0 Å². The van der Waals surface area contributed by atoms with E-state index in [9.17, 15) is 5.11 Å². The number of thioether (sulfide) groups is 1. The summed E-state index contributed by atoms with van der Waals surface area (Å²) >= 11 is 1.79. The summed E-state index contributed by atoms with van der Waals surface area (Å²) in [6.45, 7) is 3.09. The summed E-state index contributed by atoms with van der Waals surface area (Å²) in [6, 6.07) is 0. The molecule has 0 spiro atoms. The first-order chi connectivity index (χ1) is 8.34. The Labute approximate surface area is 111 Å². The van der Waals surface area contributed by atoms with Crippen LogP contribution in [0.1, 0.15) is 58.3 Å². The van der Waals surface area contributed by atoms with E-state index in [4.69, 9.17) is 4.74 Å². The minimum absolute atomic E-state index is 0.101. The van der Waals surface area contributed by atoms with Crippen molar-refractivity contribution in [1.29, 1.82) is 0 Å². The topological polar surface area (TPSA) is 29.5 Å². The summed E-state index contributed by atoms with van der Waals surface area (Å²) in [7, 11) is 0. The third-order valence-corrected chi connectivity index (χ3v) is 4.47. The number of hydrogen-bond donors (Lipinski definition) is 1. The quantitative estimate of drug-likeness (QED) is 0.608. The first-order valence-electron chi connectivity index (χ1n) is 7.22. The molecule has 0 bridgehead atoms. The molecule has 0 radical (unpaired) electrons. The molecule has 1 N–H and O–H groups in total. The highest BCUT2D eigenvalue weighted by atomic mass is 32.2. The molecule has 0 saturated carbocycles. The molecule has 2 atom stereocenters. The molecule has 0 aliphatic carbocycles. The maximum Gasteiger partial charge on any atom is 0.0932 e. The van der Waals surface area contributed by atoms with Crippen molar-refractivity contribution in [3.8, 4) is 0 Å². The molecule has 1 saturated heterocycles. The van der Waals surface area contributed by atoms with E-state index in [0.717, 1.165) is 24.5 Å². The standard InChI is InChI=1S/C14H28O2S/c1-2-3-4-5-6-7-8-9-10-16-14-12-17-11-13(14)15/h13-15H,2-12H2,1H3. The lowest BCUT2D eigenvalue weighted by Gasteiger charge is -2.14. The van der Waals surface area contributed by atoms with Crippen molar-refractivity contribution in [3.63, 3.8) is 0 Å². The van der Waals surface area contributed by atoms with Crippen molar-refractivity contribution >= 4 is 11.8 Å². The Kier molecular flexibility index (Phi) is 9.21. The third-order valence-electron chi connectivity index (χ3n) is 3.33. The van der Waals surface area contributed by atoms with E-state index in [1.807, 2.05) is 0 Å². The van der Waals surface area contributed by atoms with Crippen molar-refractivity contribution in [2.75, 3.05) is 18.1 Å². The van der Waals surface area contributed by atoms with Crippen LogP contribution in [0.25, 0.3) is 0 Å². The van der Waals surface area contributed by atoms with E-state index in [0.29, 0.717) is 0 Å². The molecular formula is C14H28O2S. The lowest BCUT2D eigenvalue weighted by molar-refractivity contribution is -0.00894. The van der Waals surface area contributed by atoms with Crippen LogP contribution in [0.2, 0.25) is 0 Å². The highest BCUT2D eigenvalue weighted by molar-refractivity contribution is 7.99. The normalized spacial score (nSPS) is 24.4. The highest BCUT2D eigenvalue weighted by Crippen LogP contribution is 2.21. The van der Waals surface area contributed by atoms with Gasteiger partial charge in [0.05, 0.1) is 12.2 Å². The number of unbranched alkanes of at least 4 members (excludes halogenated alkanes) is 7. The van der Waals surface area contributed by atoms with Gasteiger partial charge in [0, 0.05) is 18.1 Å². The lowest BCUT2D eigenvalue weighted by Crippen LogP contribution is -2.27. The molecule has 2 unspecified atom stereocenters. The smallest absolute Gasteiger partial charge is 0.0932 e. The van der Waals surface area contributed by atoms with Gasteiger partial charge >= 0.3 is 0 Å². The van der Waals surface area contributed by atoms with Crippen LogP contribution in [0.15, 0.2) is 0 Å². The number of aliphatic hydroxyl groups is 1. The zero-order valence-electron chi connectivity index (χ0n) is 11.2. The Balaban J connectivity index is 1.78. The maximum atomic E-state index is 9.57. The molecule has 0 aromatic carbocycles. The van der Waals surface area contributed by atoms with E-state index in [2.05, 4.69) is 6.92 Å². The minimum atomic E-state index is -0.228. The van der Waals surface area contributed by atoms with Gasteiger partial charge in [-0.15, -0.1) is 0 Å². The monoisotopic (exact) mass is 260 g/mol. The third kappa shape index (κ3) is 7.32. The molecule has 3 heteroatoms. The molecule has 102 valence electrons. The molecule has 0 aromatic heterocycles. The SMILES string of the molecule is CCCCCCCCCCOC1CSCC1O. The van der Waals surface area contributed by atoms with Crippen LogP contribution in [0, 0.1) is 0 Å². The van der Waals surface area contributed by atoms with Gasteiger partial charge in [-0.05, 0) is 6.42 Å². The van der Waals surface area contributed by atoms with Crippen LogP contribution in [0.4, 0.5) is 0 Å². The number of aliphatic hydroxyl groups excluding tert-OH is 1. The summed E-state index contributed by atoms with van der Waals surface area (Å²) < 4.78 is 5.69. The highest BCUT2D eigenvalue weighted by Gasteiger charge is 2.25. The molecule has 1 heterocycles. The average Bonchev–Trinajstić information content (AvgIpc) is 2.73. The van der Waals surface area contributed by atoms with Crippen molar-refractivity contribution in [3.05, 3.63) is 0 Å². The summed E-state index contributed by atoms with van der Waals surface area (Å²) in [5, 5.41) is 9.57. The van der Waals surface area contributed by atoms with Gasteiger partial charge in [-0.25, -0.2) is 0 Å². The maximum absolute atomic E-state index is 9.57. The van der Waals surface area contributed by atoms with Crippen LogP contribution >= 0.6 is 11.8 Å². The molecule has 17 heavy (non-hydrogen) atoms. The van der Waals surface area contributed by atoms with Gasteiger partial charge in [0.15, 0.2) is 0 Å². The largest absolute Gasteiger partial charge is 0.390 e. The molecule has 2 nitrogen and oxygen atoms in total. The summed E-state index contributed by atoms with van der Waals surface area (Å²) in [6.07, 6.45) is 10.5. The predicted molar refractivity (Wildman–Crippen MR) is 75.7 cm³/mol. The second-order valence-electron chi connectivity index (χ2n) is 4.99. The fourth-order valence-corrected chi connectivity index (χ4v) is 3.30. The second-order valence-corrected chi connectivity index (χ2v) is 6.06. The Morgan fingerprint density at radius 1 is 1.00 bits per heavy atom. The van der Waals surface area contributed by atoms with Gasteiger partial charge in [-0.3, -0.25) is 0 Å². The molecule has 1 fully saturated rings. The Morgan fingerprint density at radius 3 is 2.24 bits per heavy atom. The molecule has 1 rings (SSSR count). The first kappa shape index (κ1) is 15.3. The first-order valence-corrected chi connectivity index (χ1v) is 8.37. The van der Waals surface area contributed by atoms with Crippen molar-refractivity contribution in [2.24, 2.45) is 0 Å². The summed E-state index contributed by atoms with van der Waals surface area (Å²) in [5.74, 6) is 1.82. The number of rotatable bonds is 10. The Hall–Kier alpha value is 0.270. The van der Waals surface area contributed by atoms with E-state index >= 15 is 0 Å². The van der Waals surface area contributed by atoms with E-state index < -0.39 is 0 Å². The van der Waals surface area contributed by atoms with Crippen LogP contribution in [-0.2, 0) is 4.74 Å².